The summed E-state index contributed by atoms with van der Waals surface area (Å²) < 4.78 is 5.72. The van der Waals surface area contributed by atoms with Crippen LogP contribution in [0.15, 0.2) is 18.2 Å². The number of nitrogens with zero attached hydrogens (tertiary/aromatic N) is 1. The van der Waals surface area contributed by atoms with E-state index < -0.39 is 6.10 Å². The first-order valence-corrected chi connectivity index (χ1v) is 7.72. The number of carbonyl (C=O) groups excluding carboxylic acids is 1. The van der Waals surface area contributed by atoms with E-state index in [4.69, 9.17) is 22.1 Å². The molecule has 0 saturated carbocycles. The lowest BCUT2D eigenvalue weighted by Gasteiger charge is -2.23. The molecule has 0 radical (unpaired) electrons. The van der Waals surface area contributed by atoms with Gasteiger partial charge in [-0.3, -0.25) is 4.79 Å². The maximum Gasteiger partial charge on any atom is 0.263 e. The first-order chi connectivity index (χ1) is 9.88. The molecular formula is C16H23ClN2O2. The van der Waals surface area contributed by atoms with Crippen LogP contribution in [0.3, 0.4) is 0 Å². The minimum Gasteiger partial charge on any atom is -0.480 e. The molecule has 1 amide bonds. The fourth-order valence-electron chi connectivity index (χ4n) is 2.39. The molecule has 1 aromatic rings. The Balaban J connectivity index is 1.90. The van der Waals surface area contributed by atoms with Gasteiger partial charge in [-0.15, -0.1) is 0 Å². The van der Waals surface area contributed by atoms with Gasteiger partial charge in [-0.2, -0.15) is 0 Å². The van der Waals surface area contributed by atoms with E-state index in [1.165, 1.54) is 0 Å². The molecule has 2 rings (SSSR count). The van der Waals surface area contributed by atoms with Gasteiger partial charge in [-0.1, -0.05) is 25.4 Å². The molecule has 21 heavy (non-hydrogen) atoms. The SMILES string of the molecule is CC(C)C(N)CCN(C)C(=O)C1Cc2cc(Cl)ccc2O1. The third kappa shape index (κ3) is 3.89. The van der Waals surface area contributed by atoms with Crippen LogP contribution < -0.4 is 10.5 Å². The van der Waals surface area contributed by atoms with Gasteiger partial charge in [0.25, 0.3) is 5.91 Å². The van der Waals surface area contributed by atoms with Crippen LogP contribution in [0.1, 0.15) is 25.8 Å². The number of ether oxygens (including phenoxy) is 1. The van der Waals surface area contributed by atoms with Crippen LogP contribution in [0.5, 0.6) is 5.75 Å². The molecule has 4 nitrogen and oxygen atoms in total. The molecule has 2 unspecified atom stereocenters. The lowest BCUT2D eigenvalue weighted by molar-refractivity contribution is -0.136. The monoisotopic (exact) mass is 310 g/mol. The van der Waals surface area contributed by atoms with Crippen molar-refractivity contribution in [2.45, 2.75) is 38.8 Å². The Bertz CT molecular complexity index is 519. The van der Waals surface area contributed by atoms with Crippen molar-refractivity contribution in [2.24, 2.45) is 11.7 Å². The summed E-state index contributed by atoms with van der Waals surface area (Å²) in [6.45, 7) is 4.83. The molecule has 0 aliphatic carbocycles. The van der Waals surface area contributed by atoms with E-state index in [9.17, 15) is 4.79 Å². The summed E-state index contributed by atoms with van der Waals surface area (Å²) in [6, 6.07) is 5.57. The summed E-state index contributed by atoms with van der Waals surface area (Å²) in [7, 11) is 1.80. The summed E-state index contributed by atoms with van der Waals surface area (Å²) in [6.07, 6.45) is 0.930. The standard InChI is InChI=1S/C16H23ClN2O2/c1-10(2)13(18)6-7-19(3)16(20)15-9-11-8-12(17)4-5-14(11)21-15/h4-5,8,10,13,15H,6-7,9,18H2,1-3H3. The van der Waals surface area contributed by atoms with E-state index in [0.29, 0.717) is 23.9 Å². The molecule has 1 aliphatic heterocycles. The number of benzene rings is 1. The number of halogens is 1. The summed E-state index contributed by atoms with van der Waals surface area (Å²) in [4.78, 5) is 14.1. The molecule has 2 N–H and O–H groups in total. The van der Waals surface area contributed by atoms with Crippen molar-refractivity contribution >= 4 is 17.5 Å². The summed E-state index contributed by atoms with van der Waals surface area (Å²) in [5.41, 5.74) is 7.01. The first kappa shape index (κ1) is 16.1. The third-order valence-corrected chi connectivity index (χ3v) is 4.24. The number of nitrogens with two attached hydrogens (primary N) is 1. The highest BCUT2D eigenvalue weighted by molar-refractivity contribution is 6.30. The Labute approximate surface area is 131 Å². The Kier molecular flexibility index (Phi) is 5.12. The predicted octanol–water partition coefficient (Wildman–Crippen LogP) is 2.48. The molecule has 116 valence electrons. The zero-order valence-electron chi connectivity index (χ0n) is 12.8. The fraction of sp³-hybridized carbons (Fsp3) is 0.562. The smallest absolute Gasteiger partial charge is 0.263 e. The molecule has 0 saturated heterocycles. The number of hydrogen-bond donors (Lipinski definition) is 1. The molecular weight excluding hydrogens is 288 g/mol. The number of carbonyl (C=O) groups is 1. The average molecular weight is 311 g/mol. The number of amides is 1. The minimum absolute atomic E-state index is 0.00159. The Hall–Kier alpha value is -1.26. The molecule has 1 aliphatic rings. The lowest BCUT2D eigenvalue weighted by Crippen LogP contribution is -2.41. The largest absolute Gasteiger partial charge is 0.480 e. The van der Waals surface area contributed by atoms with E-state index in [-0.39, 0.29) is 11.9 Å². The second kappa shape index (κ2) is 6.67. The number of likely N-dealkylation sites (N-methyl/N-ethyl adjacent to an activating group) is 1. The Morgan fingerprint density at radius 1 is 1.52 bits per heavy atom. The van der Waals surface area contributed by atoms with Crippen molar-refractivity contribution in [1.29, 1.82) is 0 Å². The van der Waals surface area contributed by atoms with Crippen molar-refractivity contribution < 1.29 is 9.53 Å². The Morgan fingerprint density at radius 2 is 2.24 bits per heavy atom. The van der Waals surface area contributed by atoms with E-state index in [2.05, 4.69) is 13.8 Å². The summed E-state index contributed by atoms with van der Waals surface area (Å²) in [5.74, 6) is 1.17. The maximum atomic E-state index is 12.4. The second-order valence-electron chi connectivity index (χ2n) is 6.02. The van der Waals surface area contributed by atoms with Gasteiger partial charge in [0.1, 0.15) is 5.75 Å². The number of hydrogen-bond acceptors (Lipinski definition) is 3. The zero-order chi connectivity index (χ0) is 15.6. The van der Waals surface area contributed by atoms with Gasteiger partial charge in [0.05, 0.1) is 0 Å². The van der Waals surface area contributed by atoms with Crippen molar-refractivity contribution in [2.75, 3.05) is 13.6 Å². The van der Waals surface area contributed by atoms with Gasteiger partial charge in [-0.25, -0.2) is 0 Å². The molecule has 1 heterocycles. The summed E-state index contributed by atoms with van der Waals surface area (Å²) in [5, 5.41) is 0.668. The van der Waals surface area contributed by atoms with Crippen molar-refractivity contribution in [3.8, 4) is 5.75 Å². The van der Waals surface area contributed by atoms with E-state index in [1.807, 2.05) is 12.1 Å². The highest BCUT2D eigenvalue weighted by Crippen LogP contribution is 2.31. The van der Waals surface area contributed by atoms with Crippen LogP contribution in [-0.4, -0.2) is 36.5 Å². The second-order valence-corrected chi connectivity index (χ2v) is 6.46. The number of rotatable bonds is 5. The third-order valence-electron chi connectivity index (χ3n) is 4.00. The molecule has 0 fully saturated rings. The average Bonchev–Trinajstić information content (AvgIpc) is 2.86. The van der Waals surface area contributed by atoms with Gasteiger partial charge in [0.2, 0.25) is 0 Å². The Morgan fingerprint density at radius 3 is 2.90 bits per heavy atom. The van der Waals surface area contributed by atoms with Crippen LogP contribution in [0.2, 0.25) is 5.02 Å². The summed E-state index contributed by atoms with van der Waals surface area (Å²) >= 11 is 5.96. The van der Waals surface area contributed by atoms with Crippen LogP contribution in [-0.2, 0) is 11.2 Å². The van der Waals surface area contributed by atoms with Gasteiger partial charge < -0.3 is 15.4 Å². The van der Waals surface area contributed by atoms with Crippen LogP contribution in [0.25, 0.3) is 0 Å². The first-order valence-electron chi connectivity index (χ1n) is 7.34. The topological polar surface area (TPSA) is 55.6 Å². The molecule has 0 bridgehead atoms. The van der Waals surface area contributed by atoms with Crippen molar-refractivity contribution in [3.63, 3.8) is 0 Å². The van der Waals surface area contributed by atoms with Crippen molar-refractivity contribution in [3.05, 3.63) is 28.8 Å². The van der Waals surface area contributed by atoms with Crippen LogP contribution >= 0.6 is 11.6 Å². The molecule has 5 heteroatoms. The van der Waals surface area contributed by atoms with Gasteiger partial charge >= 0.3 is 0 Å². The van der Waals surface area contributed by atoms with Crippen molar-refractivity contribution in [1.82, 2.24) is 4.90 Å². The van der Waals surface area contributed by atoms with Gasteiger partial charge in [0.15, 0.2) is 6.10 Å². The number of fused-ring (bicyclic) bond motifs is 1. The molecule has 2 atom stereocenters. The van der Waals surface area contributed by atoms with E-state index in [0.717, 1.165) is 17.7 Å². The lowest BCUT2D eigenvalue weighted by atomic mass is 10.0. The van der Waals surface area contributed by atoms with Crippen LogP contribution in [0.4, 0.5) is 0 Å². The van der Waals surface area contributed by atoms with Crippen LogP contribution in [0, 0.1) is 5.92 Å². The van der Waals surface area contributed by atoms with Gasteiger partial charge in [-0.05, 0) is 36.1 Å². The van der Waals surface area contributed by atoms with Gasteiger partial charge in [0, 0.05) is 31.1 Å². The highest BCUT2D eigenvalue weighted by atomic mass is 35.5. The quantitative estimate of drug-likeness (QED) is 0.909. The predicted molar refractivity (Wildman–Crippen MR) is 84.6 cm³/mol. The fourth-order valence-corrected chi connectivity index (χ4v) is 2.58. The van der Waals surface area contributed by atoms with E-state index in [1.54, 1.807) is 18.0 Å². The van der Waals surface area contributed by atoms with E-state index >= 15 is 0 Å². The molecule has 1 aromatic carbocycles. The zero-order valence-corrected chi connectivity index (χ0v) is 13.6. The normalized spacial score (nSPS) is 18.3. The highest BCUT2D eigenvalue weighted by Gasteiger charge is 2.31. The molecule has 0 aromatic heterocycles. The maximum absolute atomic E-state index is 12.4. The molecule has 0 spiro atoms. The minimum atomic E-state index is -0.446.